The van der Waals surface area contributed by atoms with E-state index in [1.807, 2.05) is 0 Å². The molecule has 0 atom stereocenters. The van der Waals surface area contributed by atoms with E-state index in [-0.39, 0.29) is 27.5 Å². The summed E-state index contributed by atoms with van der Waals surface area (Å²) in [5.41, 5.74) is 1.12. The largest absolute Gasteiger partial charge is 0.348 e. The van der Waals surface area contributed by atoms with Gasteiger partial charge in [0.15, 0.2) is 19.7 Å². The first-order chi connectivity index (χ1) is 15.5. The number of hydrogen-bond donors (Lipinski definition) is 2. The molecule has 0 fully saturated rings. The van der Waals surface area contributed by atoms with Crippen LogP contribution in [0.3, 0.4) is 0 Å². The smallest absolute Gasteiger partial charge is 0.256 e. The van der Waals surface area contributed by atoms with Crippen LogP contribution in [0.5, 0.6) is 0 Å². The normalized spacial score (nSPS) is 11.6. The van der Waals surface area contributed by atoms with Crippen LogP contribution in [0.25, 0.3) is 0 Å². The van der Waals surface area contributed by atoms with Crippen LogP contribution in [0.2, 0.25) is 0 Å². The molecule has 2 N–H and O–H groups in total. The number of anilines is 1. The average molecular weight is 487 g/mol. The zero-order valence-electron chi connectivity index (χ0n) is 17.9. The van der Waals surface area contributed by atoms with Crippen LogP contribution in [-0.4, -0.2) is 41.2 Å². The second-order valence-electron chi connectivity index (χ2n) is 7.37. The molecule has 3 aromatic carbocycles. The summed E-state index contributed by atoms with van der Waals surface area (Å²) in [6.07, 6.45) is 2.07. The van der Waals surface area contributed by atoms with Crippen molar-refractivity contribution < 1.29 is 26.4 Å². The van der Waals surface area contributed by atoms with E-state index in [2.05, 4.69) is 10.6 Å². The molecule has 0 saturated carbocycles. The molecular formula is C23H22N2O6S2. The molecule has 0 bridgehead atoms. The van der Waals surface area contributed by atoms with Crippen molar-refractivity contribution in [3.63, 3.8) is 0 Å². The Hall–Kier alpha value is -3.50. The molecular weight excluding hydrogens is 464 g/mol. The highest BCUT2D eigenvalue weighted by Gasteiger charge is 2.19. The van der Waals surface area contributed by atoms with Gasteiger partial charge in [-0.15, -0.1) is 0 Å². The van der Waals surface area contributed by atoms with Crippen LogP contribution in [-0.2, 0) is 26.2 Å². The molecule has 10 heteroatoms. The van der Waals surface area contributed by atoms with Gasteiger partial charge in [-0.05, 0) is 42.0 Å². The lowest BCUT2D eigenvalue weighted by Gasteiger charge is -2.11. The van der Waals surface area contributed by atoms with Crippen LogP contribution in [0.15, 0.2) is 82.6 Å². The summed E-state index contributed by atoms with van der Waals surface area (Å²) in [7, 11) is -7.16. The Bertz CT molecular complexity index is 1430. The first kappa shape index (κ1) is 24.1. The third kappa shape index (κ3) is 6.05. The van der Waals surface area contributed by atoms with Crippen LogP contribution in [0, 0.1) is 0 Å². The van der Waals surface area contributed by atoms with Gasteiger partial charge in [0, 0.05) is 24.7 Å². The fraction of sp³-hybridized carbons (Fsp3) is 0.130. The molecule has 0 saturated heterocycles. The van der Waals surface area contributed by atoms with E-state index in [9.17, 15) is 26.4 Å². The van der Waals surface area contributed by atoms with Crippen LogP contribution >= 0.6 is 0 Å². The molecule has 2 amide bonds. The second-order valence-corrected chi connectivity index (χ2v) is 11.3. The first-order valence-electron chi connectivity index (χ1n) is 9.73. The van der Waals surface area contributed by atoms with Crippen molar-refractivity contribution in [2.45, 2.75) is 16.3 Å². The molecule has 0 aliphatic rings. The quantitative estimate of drug-likeness (QED) is 0.529. The van der Waals surface area contributed by atoms with Crippen LogP contribution in [0.4, 0.5) is 5.69 Å². The molecule has 0 heterocycles. The van der Waals surface area contributed by atoms with E-state index in [0.29, 0.717) is 11.3 Å². The second kappa shape index (κ2) is 9.55. The highest BCUT2D eigenvalue weighted by Crippen LogP contribution is 2.19. The number of benzene rings is 3. The van der Waals surface area contributed by atoms with E-state index in [1.54, 1.807) is 48.5 Å². The SMILES string of the molecule is CS(=O)(=O)c1ccccc1C(=O)NCc1cccc(NC(=O)c2ccccc2S(C)(=O)=O)c1. The van der Waals surface area contributed by atoms with Gasteiger partial charge < -0.3 is 10.6 Å². The molecule has 3 aromatic rings. The number of hydrogen-bond acceptors (Lipinski definition) is 6. The Morgan fingerprint density at radius 2 is 1.21 bits per heavy atom. The maximum atomic E-state index is 12.7. The van der Waals surface area contributed by atoms with Crippen molar-refractivity contribution in [2.24, 2.45) is 0 Å². The third-order valence-corrected chi connectivity index (χ3v) is 7.01. The number of carbonyl (C=O) groups excluding carboxylic acids is 2. The zero-order valence-corrected chi connectivity index (χ0v) is 19.5. The van der Waals surface area contributed by atoms with E-state index in [1.165, 1.54) is 24.3 Å². The van der Waals surface area contributed by atoms with Crippen molar-refractivity contribution in [1.82, 2.24) is 5.32 Å². The van der Waals surface area contributed by atoms with Crippen molar-refractivity contribution in [3.05, 3.63) is 89.5 Å². The lowest BCUT2D eigenvalue weighted by molar-refractivity contribution is 0.0946. The lowest BCUT2D eigenvalue weighted by atomic mass is 10.1. The van der Waals surface area contributed by atoms with Crippen molar-refractivity contribution in [2.75, 3.05) is 17.8 Å². The lowest BCUT2D eigenvalue weighted by Crippen LogP contribution is -2.24. The van der Waals surface area contributed by atoms with Crippen molar-refractivity contribution in [1.29, 1.82) is 0 Å². The Morgan fingerprint density at radius 1 is 0.697 bits per heavy atom. The fourth-order valence-electron chi connectivity index (χ4n) is 3.19. The summed E-state index contributed by atoms with van der Waals surface area (Å²) in [5.74, 6) is -1.13. The third-order valence-electron chi connectivity index (χ3n) is 4.70. The molecule has 172 valence electrons. The number of nitrogens with one attached hydrogen (secondary N) is 2. The van der Waals surface area contributed by atoms with E-state index in [4.69, 9.17) is 0 Å². The summed E-state index contributed by atoms with van der Waals surface area (Å²) in [6, 6.07) is 18.5. The summed E-state index contributed by atoms with van der Waals surface area (Å²) in [5, 5.41) is 5.34. The van der Waals surface area contributed by atoms with Gasteiger partial charge in [0.25, 0.3) is 11.8 Å². The number of sulfone groups is 2. The van der Waals surface area contributed by atoms with Gasteiger partial charge in [-0.1, -0.05) is 36.4 Å². The summed E-state index contributed by atoms with van der Waals surface area (Å²) < 4.78 is 47.8. The Kier molecular flexibility index (Phi) is 6.99. The molecule has 33 heavy (non-hydrogen) atoms. The Balaban J connectivity index is 1.75. The number of carbonyl (C=O) groups is 2. The molecule has 0 aliphatic carbocycles. The summed E-state index contributed by atoms with van der Waals surface area (Å²) in [4.78, 5) is 25.1. The summed E-state index contributed by atoms with van der Waals surface area (Å²) >= 11 is 0. The standard InChI is InChI=1S/C23H22N2O6S2/c1-32(28,29)20-12-5-3-10-18(20)22(26)24-15-16-8-7-9-17(14-16)25-23(27)19-11-4-6-13-21(19)33(2,30)31/h3-14H,15H2,1-2H3,(H,24,26)(H,25,27). The number of amides is 2. The molecule has 0 aliphatic heterocycles. The number of rotatable bonds is 7. The van der Waals surface area contributed by atoms with Gasteiger partial charge in [0.2, 0.25) is 0 Å². The monoisotopic (exact) mass is 486 g/mol. The van der Waals surface area contributed by atoms with Crippen molar-refractivity contribution >= 4 is 37.2 Å². The van der Waals surface area contributed by atoms with E-state index in [0.717, 1.165) is 12.5 Å². The van der Waals surface area contributed by atoms with Crippen LogP contribution in [0.1, 0.15) is 26.3 Å². The van der Waals surface area contributed by atoms with E-state index >= 15 is 0 Å². The minimum Gasteiger partial charge on any atom is -0.348 e. The molecule has 3 rings (SSSR count). The Labute approximate surface area is 192 Å². The highest BCUT2D eigenvalue weighted by atomic mass is 32.2. The highest BCUT2D eigenvalue weighted by molar-refractivity contribution is 7.91. The van der Waals surface area contributed by atoms with Gasteiger partial charge >= 0.3 is 0 Å². The predicted octanol–water partition coefficient (Wildman–Crippen LogP) is 2.68. The molecule has 0 unspecified atom stereocenters. The molecule has 0 radical (unpaired) electrons. The van der Waals surface area contributed by atoms with Gasteiger partial charge in [0.05, 0.1) is 20.9 Å². The predicted molar refractivity (Wildman–Crippen MR) is 125 cm³/mol. The molecule has 0 aromatic heterocycles. The minimum atomic E-state index is -3.59. The van der Waals surface area contributed by atoms with Gasteiger partial charge in [-0.3, -0.25) is 9.59 Å². The average Bonchev–Trinajstić information content (AvgIpc) is 2.76. The minimum absolute atomic E-state index is 0.0242. The zero-order chi connectivity index (χ0) is 24.2. The summed E-state index contributed by atoms with van der Waals surface area (Å²) in [6.45, 7) is 0.0839. The van der Waals surface area contributed by atoms with E-state index < -0.39 is 31.5 Å². The van der Waals surface area contributed by atoms with Crippen molar-refractivity contribution in [3.8, 4) is 0 Å². The molecule has 8 nitrogen and oxygen atoms in total. The molecule has 0 spiro atoms. The van der Waals surface area contributed by atoms with Crippen LogP contribution < -0.4 is 10.6 Å². The fourth-order valence-corrected chi connectivity index (χ4v) is 4.96. The maximum absolute atomic E-state index is 12.7. The topological polar surface area (TPSA) is 126 Å². The maximum Gasteiger partial charge on any atom is 0.256 e. The van der Waals surface area contributed by atoms with Gasteiger partial charge in [-0.2, -0.15) is 0 Å². The Morgan fingerprint density at radius 3 is 1.76 bits per heavy atom. The van der Waals surface area contributed by atoms with Gasteiger partial charge in [-0.25, -0.2) is 16.8 Å². The first-order valence-corrected chi connectivity index (χ1v) is 13.5. The van der Waals surface area contributed by atoms with Gasteiger partial charge in [0.1, 0.15) is 0 Å².